The molecule has 0 amide bonds. The van der Waals surface area contributed by atoms with Crippen molar-refractivity contribution in [2.75, 3.05) is 19.7 Å². The molecular weight excluding hydrogens is 467 g/mol. The molecule has 4 rings (SSSR count). The van der Waals surface area contributed by atoms with E-state index in [0.29, 0.717) is 34.9 Å². The summed E-state index contributed by atoms with van der Waals surface area (Å²) in [6, 6.07) is 1.67. The van der Waals surface area contributed by atoms with Crippen molar-refractivity contribution < 1.29 is 27.2 Å². The highest BCUT2D eigenvalue weighted by molar-refractivity contribution is 7.11. The van der Waals surface area contributed by atoms with Gasteiger partial charge in [-0.15, -0.1) is 11.3 Å². The minimum Gasteiger partial charge on any atom is -0.467 e. The number of fused-ring (bicyclic) bond motifs is 1. The molecule has 0 saturated heterocycles. The van der Waals surface area contributed by atoms with Crippen molar-refractivity contribution in [1.29, 1.82) is 0 Å². The maximum Gasteiger partial charge on any atom is 0.389 e. The van der Waals surface area contributed by atoms with Crippen LogP contribution in [-0.4, -0.2) is 46.7 Å². The van der Waals surface area contributed by atoms with Crippen LogP contribution in [0, 0.1) is 18.8 Å². The summed E-state index contributed by atoms with van der Waals surface area (Å²) >= 11 is 1.45. The van der Waals surface area contributed by atoms with Crippen molar-refractivity contribution in [3.05, 3.63) is 27.4 Å². The molecule has 3 heterocycles. The molecule has 0 atom stereocenters. The Morgan fingerprint density at radius 1 is 1.26 bits per heavy atom. The summed E-state index contributed by atoms with van der Waals surface area (Å²) in [5, 5.41) is 4.35. The van der Waals surface area contributed by atoms with E-state index in [1.807, 2.05) is 0 Å². The van der Waals surface area contributed by atoms with Crippen LogP contribution in [0.3, 0.4) is 0 Å². The first kappa shape index (κ1) is 25.2. The van der Waals surface area contributed by atoms with Crippen molar-refractivity contribution >= 4 is 17.1 Å². The summed E-state index contributed by atoms with van der Waals surface area (Å²) in [5.74, 6) is 2.21. The number of ether oxygens (including phenoxy) is 1. The summed E-state index contributed by atoms with van der Waals surface area (Å²) < 4.78 is 47.8. The number of nitrogens with zero attached hydrogens (tertiary/aromatic N) is 3. The first-order valence-corrected chi connectivity index (χ1v) is 12.9. The second kappa shape index (κ2) is 11.2. The van der Waals surface area contributed by atoms with Gasteiger partial charge in [-0.25, -0.2) is 4.98 Å². The monoisotopic (exact) mass is 499 g/mol. The maximum atomic E-state index is 12.5. The molecule has 34 heavy (non-hydrogen) atoms. The molecule has 1 aliphatic heterocycles. The van der Waals surface area contributed by atoms with Crippen LogP contribution in [0.25, 0.3) is 0 Å². The van der Waals surface area contributed by atoms with Crippen molar-refractivity contribution in [3.8, 4) is 5.88 Å². The zero-order valence-corrected chi connectivity index (χ0v) is 20.3. The van der Waals surface area contributed by atoms with E-state index in [1.54, 1.807) is 13.0 Å². The van der Waals surface area contributed by atoms with Gasteiger partial charge in [0.2, 0.25) is 0 Å². The van der Waals surface area contributed by atoms with Crippen LogP contribution in [0.2, 0.25) is 0 Å². The Morgan fingerprint density at radius 3 is 2.74 bits per heavy atom. The molecule has 6 nitrogen and oxygen atoms in total. The fraction of sp³-hybridized carbons (Fsp3) is 0.708. The predicted octanol–water partition coefficient (Wildman–Crippen LogP) is 5.53. The van der Waals surface area contributed by atoms with E-state index in [4.69, 9.17) is 9.26 Å². The number of halogens is 3. The van der Waals surface area contributed by atoms with E-state index in [2.05, 4.69) is 15.0 Å². The Balaban J connectivity index is 1.12. The average molecular weight is 500 g/mol. The lowest BCUT2D eigenvalue weighted by Gasteiger charge is -2.31. The molecule has 2 aliphatic rings. The van der Waals surface area contributed by atoms with Crippen LogP contribution in [0.5, 0.6) is 5.88 Å². The van der Waals surface area contributed by atoms with E-state index in [1.165, 1.54) is 11.3 Å². The molecule has 2 aromatic rings. The molecule has 10 heteroatoms. The molecule has 1 fully saturated rings. The highest BCUT2D eigenvalue weighted by Gasteiger charge is 2.29. The van der Waals surface area contributed by atoms with E-state index in [0.717, 1.165) is 68.7 Å². The number of aromatic nitrogens is 2. The molecule has 0 unspecified atom stereocenters. The lowest BCUT2D eigenvalue weighted by atomic mass is 9.78. The smallest absolute Gasteiger partial charge is 0.389 e. The lowest BCUT2D eigenvalue weighted by Crippen LogP contribution is -2.32. The Labute approximate surface area is 201 Å². The van der Waals surface area contributed by atoms with E-state index in [9.17, 15) is 18.0 Å². The first-order valence-electron chi connectivity index (χ1n) is 12.1. The highest BCUT2D eigenvalue weighted by atomic mass is 32.1. The Hall–Kier alpha value is -1.94. The van der Waals surface area contributed by atoms with E-state index < -0.39 is 12.6 Å². The number of carbonyl (C=O) groups is 1. The topological polar surface area (TPSA) is 68.5 Å². The quantitative estimate of drug-likeness (QED) is 0.428. The molecule has 1 saturated carbocycles. The van der Waals surface area contributed by atoms with Crippen LogP contribution in [0.4, 0.5) is 13.2 Å². The van der Waals surface area contributed by atoms with Crippen LogP contribution in [-0.2, 0) is 24.2 Å². The molecule has 1 aliphatic carbocycles. The van der Waals surface area contributed by atoms with Crippen LogP contribution < -0.4 is 4.74 Å². The Morgan fingerprint density at radius 2 is 2.03 bits per heavy atom. The SMILES string of the molecule is Cc1cc(OCC(=O)CC2CCC(CCN3CCc4sc(CCC(F)(F)F)nc4C3)CC2)no1. The minimum atomic E-state index is -4.13. The summed E-state index contributed by atoms with van der Waals surface area (Å²) in [7, 11) is 0. The number of Topliss-reactive ketones (excluding diaryl/α,β-unsaturated/α-hetero) is 1. The van der Waals surface area contributed by atoms with Crippen molar-refractivity contribution in [2.45, 2.75) is 77.4 Å². The zero-order valence-electron chi connectivity index (χ0n) is 19.5. The van der Waals surface area contributed by atoms with Gasteiger partial charge in [0, 0.05) is 43.3 Å². The number of carbonyl (C=O) groups excluding carboxylic acids is 1. The van der Waals surface area contributed by atoms with E-state index in [-0.39, 0.29) is 18.8 Å². The fourth-order valence-electron chi connectivity index (χ4n) is 4.89. The molecule has 2 aromatic heterocycles. The summed E-state index contributed by atoms with van der Waals surface area (Å²) in [4.78, 5) is 20.3. The van der Waals surface area contributed by atoms with Crippen molar-refractivity contribution in [2.24, 2.45) is 11.8 Å². The van der Waals surface area contributed by atoms with Gasteiger partial charge in [0.25, 0.3) is 5.88 Å². The molecule has 0 N–H and O–H groups in total. The van der Waals surface area contributed by atoms with E-state index >= 15 is 0 Å². The van der Waals surface area contributed by atoms with Gasteiger partial charge in [-0.2, -0.15) is 13.2 Å². The van der Waals surface area contributed by atoms with Gasteiger partial charge in [-0.1, -0.05) is 12.8 Å². The maximum absolute atomic E-state index is 12.5. The second-order valence-corrected chi connectivity index (χ2v) is 10.8. The zero-order chi connectivity index (χ0) is 24.1. The van der Waals surface area contributed by atoms with Gasteiger partial charge in [0.05, 0.1) is 10.7 Å². The number of ketones is 1. The summed E-state index contributed by atoms with van der Waals surface area (Å²) in [6.07, 6.45) is 2.02. The molecule has 0 radical (unpaired) electrons. The molecule has 0 bridgehead atoms. The third-order valence-electron chi connectivity index (χ3n) is 6.80. The largest absolute Gasteiger partial charge is 0.467 e. The van der Waals surface area contributed by atoms with Gasteiger partial charge >= 0.3 is 6.18 Å². The number of thiazole rings is 1. The minimum absolute atomic E-state index is 0.0150. The third-order valence-corrected chi connectivity index (χ3v) is 8.01. The number of alkyl halides is 3. The summed E-state index contributed by atoms with van der Waals surface area (Å²) in [6.45, 7) is 4.50. The Bertz CT molecular complexity index is 951. The molecule has 188 valence electrons. The van der Waals surface area contributed by atoms with Gasteiger partial charge in [0.1, 0.15) is 12.4 Å². The fourth-order valence-corrected chi connectivity index (χ4v) is 5.95. The second-order valence-electron chi connectivity index (χ2n) is 9.60. The third kappa shape index (κ3) is 7.53. The molecular formula is C24H32F3N3O3S. The Kier molecular flexibility index (Phi) is 8.29. The van der Waals surface area contributed by atoms with Crippen LogP contribution in [0.15, 0.2) is 10.6 Å². The van der Waals surface area contributed by atoms with Gasteiger partial charge in [0.15, 0.2) is 5.78 Å². The normalized spacial score (nSPS) is 21.4. The lowest BCUT2D eigenvalue weighted by molar-refractivity contribution is -0.134. The number of hydrogen-bond acceptors (Lipinski definition) is 7. The number of aryl methyl sites for hydroxylation is 2. The van der Waals surface area contributed by atoms with Gasteiger partial charge in [-0.05, 0) is 56.1 Å². The molecule has 0 spiro atoms. The molecule has 0 aromatic carbocycles. The van der Waals surface area contributed by atoms with Crippen molar-refractivity contribution in [3.63, 3.8) is 0 Å². The highest BCUT2D eigenvalue weighted by Crippen LogP contribution is 2.34. The summed E-state index contributed by atoms with van der Waals surface area (Å²) in [5.41, 5.74) is 0.971. The van der Waals surface area contributed by atoms with Gasteiger partial charge in [-0.3, -0.25) is 9.69 Å². The predicted molar refractivity (Wildman–Crippen MR) is 122 cm³/mol. The number of rotatable bonds is 10. The number of hydrogen-bond donors (Lipinski definition) is 0. The van der Waals surface area contributed by atoms with Gasteiger partial charge < -0.3 is 9.26 Å². The standard InChI is InChI=1S/C24H32F3N3O3S/c1-16-12-22(29-33-16)32-15-19(31)13-18-4-2-17(3-5-18)7-10-30-11-8-21-20(14-30)28-23(34-21)6-9-24(25,26)27/h12,17-18H,2-11,13-15H2,1H3. The first-order chi connectivity index (χ1) is 16.2. The van der Waals surface area contributed by atoms with Crippen molar-refractivity contribution in [1.82, 2.24) is 15.0 Å². The average Bonchev–Trinajstić information content (AvgIpc) is 3.40. The van der Waals surface area contributed by atoms with Crippen LogP contribution >= 0.6 is 11.3 Å². The van der Waals surface area contributed by atoms with Crippen LogP contribution in [0.1, 0.15) is 66.3 Å².